The molecule has 0 aliphatic rings. The molecule has 0 atom stereocenters. The van der Waals surface area contributed by atoms with E-state index in [1.54, 1.807) is 0 Å². The highest BCUT2D eigenvalue weighted by Gasteiger charge is 2.11. The van der Waals surface area contributed by atoms with Crippen molar-refractivity contribution in [2.75, 3.05) is 12.4 Å². The molecule has 5 nitrogen and oxygen atoms in total. The lowest BCUT2D eigenvalue weighted by Gasteiger charge is -1.99. The maximum atomic E-state index is 12.0. The van der Waals surface area contributed by atoms with Crippen molar-refractivity contribution in [3.8, 4) is 0 Å². The molecule has 2 aromatic rings. The third-order valence-corrected chi connectivity index (χ3v) is 5.24. The highest BCUT2D eigenvalue weighted by molar-refractivity contribution is 14.1. The molecule has 0 bridgehead atoms. The number of carbonyl (C=O) groups is 2. The van der Waals surface area contributed by atoms with Crippen molar-refractivity contribution < 1.29 is 14.3 Å². The lowest BCUT2D eigenvalue weighted by atomic mass is 10.2. The first-order chi connectivity index (χ1) is 10.1. The zero-order valence-electron chi connectivity index (χ0n) is 11.2. The minimum absolute atomic E-state index is 0.148. The summed E-state index contributed by atoms with van der Waals surface area (Å²) < 4.78 is 5.65. The van der Waals surface area contributed by atoms with Crippen molar-refractivity contribution in [1.82, 2.24) is 4.98 Å². The molecule has 112 valence electrons. The molecule has 0 aliphatic heterocycles. The molecule has 0 unspecified atom stereocenters. The average molecular weight is 436 g/mol. The van der Waals surface area contributed by atoms with Crippen LogP contribution in [0.3, 0.4) is 0 Å². The third kappa shape index (κ3) is 5.04. The van der Waals surface area contributed by atoms with Gasteiger partial charge in [-0.3, -0.25) is 14.9 Å². The van der Waals surface area contributed by atoms with Crippen molar-refractivity contribution >= 4 is 62.3 Å². The topological polar surface area (TPSA) is 68.3 Å². The van der Waals surface area contributed by atoms with Crippen LogP contribution in [0.15, 0.2) is 16.8 Å². The van der Waals surface area contributed by atoms with Crippen LogP contribution in [0.1, 0.15) is 28.9 Å². The number of hydrogen-bond donors (Lipinski definition) is 1. The van der Waals surface area contributed by atoms with Gasteiger partial charge < -0.3 is 4.74 Å². The number of hydrogen-bond acceptors (Lipinski definition) is 6. The number of ether oxygens (including phenoxy) is 1. The first-order valence-corrected chi connectivity index (χ1v) is 8.99. The van der Waals surface area contributed by atoms with Crippen LogP contribution in [0.4, 0.5) is 5.13 Å². The van der Waals surface area contributed by atoms with E-state index in [0.717, 1.165) is 8.58 Å². The first kappa shape index (κ1) is 16.4. The fourth-order valence-corrected chi connectivity index (χ4v) is 3.66. The Labute approximate surface area is 143 Å². The molecule has 2 aromatic heterocycles. The quantitative estimate of drug-likeness (QED) is 0.556. The second-order valence-electron chi connectivity index (χ2n) is 4.17. The normalized spacial score (nSPS) is 10.4. The van der Waals surface area contributed by atoms with E-state index in [0.29, 0.717) is 30.0 Å². The number of carbonyl (C=O) groups excluding carboxylic acids is 2. The lowest BCUT2D eigenvalue weighted by molar-refractivity contribution is -0.140. The van der Waals surface area contributed by atoms with Gasteiger partial charge in [0.25, 0.3) is 5.91 Å². The predicted octanol–water partition coefficient (Wildman–Crippen LogP) is 3.56. The molecule has 0 saturated carbocycles. The van der Waals surface area contributed by atoms with Crippen LogP contribution in [0.25, 0.3) is 0 Å². The predicted molar refractivity (Wildman–Crippen MR) is 92.1 cm³/mol. The smallest absolute Gasteiger partial charge is 0.305 e. The van der Waals surface area contributed by atoms with Crippen LogP contribution in [-0.2, 0) is 16.0 Å². The zero-order valence-corrected chi connectivity index (χ0v) is 15.0. The number of anilines is 1. The molecule has 1 amide bonds. The number of amides is 1. The Morgan fingerprint density at radius 2 is 2.19 bits per heavy atom. The number of rotatable bonds is 6. The second kappa shape index (κ2) is 7.85. The highest BCUT2D eigenvalue weighted by atomic mass is 127. The van der Waals surface area contributed by atoms with Gasteiger partial charge in [0.05, 0.1) is 21.3 Å². The number of methoxy groups -OCH3 is 1. The Bertz CT molecular complexity index is 639. The van der Waals surface area contributed by atoms with E-state index >= 15 is 0 Å². The monoisotopic (exact) mass is 436 g/mol. The number of aryl methyl sites for hydroxylation is 1. The van der Waals surface area contributed by atoms with Gasteiger partial charge in [0, 0.05) is 17.2 Å². The Morgan fingerprint density at radius 3 is 2.86 bits per heavy atom. The fraction of sp³-hybridized carbons (Fsp3) is 0.308. The number of aromatic nitrogens is 1. The number of thiazole rings is 1. The standard InChI is InChI=1S/C13H13IN2O3S2/c1-19-11(17)4-2-3-9-7-21-13(15-9)16-12(18)8-5-10(14)20-6-8/h5-7H,2-4H2,1H3,(H,15,16,18). The fourth-order valence-electron chi connectivity index (χ4n) is 1.59. The van der Waals surface area contributed by atoms with Crippen molar-refractivity contribution in [2.45, 2.75) is 19.3 Å². The van der Waals surface area contributed by atoms with Crippen LogP contribution in [0.2, 0.25) is 0 Å². The third-order valence-electron chi connectivity index (χ3n) is 2.64. The summed E-state index contributed by atoms with van der Waals surface area (Å²) in [5, 5.41) is 7.08. The van der Waals surface area contributed by atoms with Gasteiger partial charge in [0.15, 0.2) is 5.13 Å². The lowest BCUT2D eigenvalue weighted by Crippen LogP contribution is -2.10. The molecule has 0 aromatic carbocycles. The molecule has 2 rings (SSSR count). The first-order valence-electron chi connectivity index (χ1n) is 6.15. The van der Waals surface area contributed by atoms with E-state index in [1.165, 1.54) is 29.8 Å². The molecule has 0 saturated heterocycles. The Kier molecular flexibility index (Phi) is 6.12. The Hall–Kier alpha value is -1.00. The van der Waals surface area contributed by atoms with Gasteiger partial charge in [-0.15, -0.1) is 22.7 Å². The Balaban J connectivity index is 1.85. The summed E-state index contributed by atoms with van der Waals surface area (Å²) in [4.78, 5) is 27.3. The van der Waals surface area contributed by atoms with Gasteiger partial charge in [0.2, 0.25) is 0 Å². The van der Waals surface area contributed by atoms with Gasteiger partial charge >= 0.3 is 5.97 Å². The summed E-state index contributed by atoms with van der Waals surface area (Å²) in [5.74, 6) is -0.365. The molecule has 0 aliphatic carbocycles. The van der Waals surface area contributed by atoms with Gasteiger partial charge in [0.1, 0.15) is 0 Å². The van der Waals surface area contributed by atoms with Gasteiger partial charge in [-0.05, 0) is 41.5 Å². The summed E-state index contributed by atoms with van der Waals surface area (Å²) in [7, 11) is 1.38. The number of esters is 1. The largest absolute Gasteiger partial charge is 0.469 e. The molecule has 1 N–H and O–H groups in total. The summed E-state index contributed by atoms with van der Waals surface area (Å²) in [6, 6.07) is 1.84. The van der Waals surface area contributed by atoms with E-state index in [1.807, 2.05) is 16.8 Å². The zero-order chi connectivity index (χ0) is 15.2. The molecule has 2 heterocycles. The Morgan fingerprint density at radius 1 is 1.38 bits per heavy atom. The van der Waals surface area contributed by atoms with Crippen LogP contribution in [-0.4, -0.2) is 24.0 Å². The van der Waals surface area contributed by atoms with E-state index < -0.39 is 0 Å². The number of nitrogens with zero attached hydrogens (tertiary/aromatic N) is 1. The van der Waals surface area contributed by atoms with Crippen molar-refractivity contribution in [1.29, 1.82) is 0 Å². The molecule has 0 spiro atoms. The van der Waals surface area contributed by atoms with Crippen molar-refractivity contribution in [2.24, 2.45) is 0 Å². The SMILES string of the molecule is COC(=O)CCCc1csc(NC(=O)c2csc(I)c2)n1. The summed E-state index contributed by atoms with van der Waals surface area (Å²) >= 11 is 5.10. The highest BCUT2D eigenvalue weighted by Crippen LogP contribution is 2.20. The number of halogens is 1. The van der Waals surface area contributed by atoms with E-state index in [2.05, 4.69) is 37.6 Å². The minimum Gasteiger partial charge on any atom is -0.469 e. The van der Waals surface area contributed by atoms with Crippen LogP contribution < -0.4 is 5.32 Å². The average Bonchev–Trinajstić information content (AvgIpc) is 3.08. The summed E-state index contributed by atoms with van der Waals surface area (Å²) in [6.45, 7) is 0. The number of thiophene rings is 1. The maximum Gasteiger partial charge on any atom is 0.305 e. The summed E-state index contributed by atoms with van der Waals surface area (Å²) in [5.41, 5.74) is 1.52. The summed E-state index contributed by atoms with van der Waals surface area (Å²) in [6.07, 6.45) is 1.76. The van der Waals surface area contributed by atoms with Gasteiger partial charge in [-0.1, -0.05) is 0 Å². The molecular formula is C13H13IN2O3S2. The molecule has 0 radical (unpaired) electrons. The van der Waals surface area contributed by atoms with Crippen LogP contribution in [0, 0.1) is 2.88 Å². The van der Waals surface area contributed by atoms with Gasteiger partial charge in [-0.2, -0.15) is 0 Å². The van der Waals surface area contributed by atoms with Crippen molar-refractivity contribution in [3.05, 3.63) is 31.0 Å². The van der Waals surface area contributed by atoms with Gasteiger partial charge in [-0.25, -0.2) is 4.98 Å². The molecule has 21 heavy (non-hydrogen) atoms. The number of nitrogens with one attached hydrogen (secondary N) is 1. The minimum atomic E-state index is -0.217. The van der Waals surface area contributed by atoms with Crippen LogP contribution in [0.5, 0.6) is 0 Å². The van der Waals surface area contributed by atoms with E-state index in [4.69, 9.17) is 0 Å². The van der Waals surface area contributed by atoms with Crippen LogP contribution >= 0.6 is 45.3 Å². The molecule has 0 fully saturated rings. The molecule has 8 heteroatoms. The van der Waals surface area contributed by atoms with Crippen molar-refractivity contribution in [3.63, 3.8) is 0 Å². The maximum absolute atomic E-state index is 12.0. The molecular weight excluding hydrogens is 423 g/mol. The van der Waals surface area contributed by atoms with E-state index in [-0.39, 0.29) is 11.9 Å². The second-order valence-corrected chi connectivity index (χ2v) is 7.83. The van der Waals surface area contributed by atoms with E-state index in [9.17, 15) is 9.59 Å².